The van der Waals surface area contributed by atoms with Crippen molar-refractivity contribution >= 4 is 40.7 Å². The fourth-order valence-electron chi connectivity index (χ4n) is 2.33. The Kier molecular flexibility index (Phi) is 4.79. The summed E-state index contributed by atoms with van der Waals surface area (Å²) < 4.78 is 0. The molecule has 6 heteroatoms. The third-order valence-corrected chi connectivity index (χ3v) is 4.05. The van der Waals surface area contributed by atoms with Gasteiger partial charge in [0.25, 0.3) is 0 Å². The Labute approximate surface area is 134 Å². The number of nitrogens with zero attached hydrogens (tertiary/aromatic N) is 1. The number of hydrogen-bond acceptors (Lipinski definition) is 2. The summed E-state index contributed by atoms with van der Waals surface area (Å²) in [5, 5.41) is 3.58. The predicted molar refractivity (Wildman–Crippen MR) is 84.7 cm³/mol. The highest BCUT2D eigenvalue weighted by Crippen LogP contribution is 2.27. The third kappa shape index (κ3) is 3.69. The topological polar surface area (TPSA) is 49.4 Å². The molecule has 1 heterocycles. The van der Waals surface area contributed by atoms with Gasteiger partial charge in [-0.05, 0) is 44.9 Å². The first-order chi connectivity index (χ1) is 9.80. The fraction of sp³-hybridized carbons (Fsp3) is 0.467. The van der Waals surface area contributed by atoms with E-state index >= 15 is 0 Å². The molecule has 1 aromatic rings. The summed E-state index contributed by atoms with van der Waals surface area (Å²) in [7, 11) is 0. The number of hydrogen-bond donors (Lipinski definition) is 1. The van der Waals surface area contributed by atoms with Crippen LogP contribution in [0.15, 0.2) is 18.2 Å². The van der Waals surface area contributed by atoms with Crippen LogP contribution >= 0.6 is 23.2 Å². The SMILES string of the molecule is CC(C)(C(=O)Nc1cc(Cl)cc(Cl)c1)C(=O)N1CCCC1. The molecule has 0 spiro atoms. The number of amides is 2. The lowest BCUT2D eigenvalue weighted by Gasteiger charge is -2.28. The van der Waals surface area contributed by atoms with E-state index in [0.29, 0.717) is 15.7 Å². The number of benzene rings is 1. The van der Waals surface area contributed by atoms with Crippen molar-refractivity contribution < 1.29 is 9.59 Å². The monoisotopic (exact) mass is 328 g/mol. The standard InChI is InChI=1S/C15H18Cl2N2O2/c1-15(2,14(21)19-5-3-4-6-19)13(20)18-12-8-10(16)7-11(17)9-12/h7-9H,3-6H2,1-2H3,(H,18,20). The molecule has 0 aliphatic carbocycles. The number of halogens is 2. The van der Waals surface area contributed by atoms with Crippen molar-refractivity contribution in [1.29, 1.82) is 0 Å². The van der Waals surface area contributed by atoms with E-state index in [0.717, 1.165) is 25.9 Å². The highest BCUT2D eigenvalue weighted by atomic mass is 35.5. The highest BCUT2D eigenvalue weighted by molar-refractivity contribution is 6.35. The lowest BCUT2D eigenvalue weighted by molar-refractivity contribution is -0.145. The molecule has 114 valence electrons. The van der Waals surface area contributed by atoms with Crippen LogP contribution in [-0.4, -0.2) is 29.8 Å². The van der Waals surface area contributed by atoms with E-state index < -0.39 is 5.41 Å². The van der Waals surface area contributed by atoms with Crippen molar-refractivity contribution in [3.8, 4) is 0 Å². The minimum atomic E-state index is -1.13. The molecular formula is C15H18Cl2N2O2. The van der Waals surface area contributed by atoms with E-state index in [4.69, 9.17) is 23.2 Å². The van der Waals surface area contributed by atoms with E-state index in [9.17, 15) is 9.59 Å². The second-order valence-corrected chi connectivity index (χ2v) is 6.61. The molecule has 21 heavy (non-hydrogen) atoms. The summed E-state index contributed by atoms with van der Waals surface area (Å²) in [5.74, 6) is -0.511. The van der Waals surface area contributed by atoms with Gasteiger partial charge in [-0.1, -0.05) is 23.2 Å². The molecule has 0 radical (unpaired) electrons. The summed E-state index contributed by atoms with van der Waals surface area (Å²) in [4.78, 5) is 26.6. The van der Waals surface area contributed by atoms with Gasteiger partial charge in [0.05, 0.1) is 0 Å². The molecule has 1 aliphatic heterocycles. The lowest BCUT2D eigenvalue weighted by Crippen LogP contribution is -2.46. The Balaban J connectivity index is 2.12. The van der Waals surface area contributed by atoms with Crippen LogP contribution in [0.1, 0.15) is 26.7 Å². The molecule has 1 aromatic carbocycles. The van der Waals surface area contributed by atoms with Crippen LogP contribution < -0.4 is 5.32 Å². The number of carbonyl (C=O) groups excluding carboxylic acids is 2. The fourth-order valence-corrected chi connectivity index (χ4v) is 2.85. The van der Waals surface area contributed by atoms with Crippen molar-refractivity contribution in [2.75, 3.05) is 18.4 Å². The van der Waals surface area contributed by atoms with Crippen LogP contribution in [0.4, 0.5) is 5.69 Å². The van der Waals surface area contributed by atoms with Crippen LogP contribution in [0, 0.1) is 5.41 Å². The second-order valence-electron chi connectivity index (χ2n) is 5.74. The van der Waals surface area contributed by atoms with Gasteiger partial charge in [0.2, 0.25) is 11.8 Å². The minimum absolute atomic E-state index is 0.148. The predicted octanol–water partition coefficient (Wildman–Crippen LogP) is 3.58. The molecule has 1 N–H and O–H groups in total. The van der Waals surface area contributed by atoms with E-state index in [-0.39, 0.29) is 11.8 Å². The molecule has 2 amide bonds. The molecule has 0 unspecified atom stereocenters. The molecule has 0 bridgehead atoms. The first kappa shape index (κ1) is 16.1. The average Bonchev–Trinajstić information content (AvgIpc) is 2.90. The molecular weight excluding hydrogens is 311 g/mol. The Morgan fingerprint density at radius 2 is 1.62 bits per heavy atom. The summed E-state index contributed by atoms with van der Waals surface area (Å²) in [6.45, 7) is 4.71. The van der Waals surface area contributed by atoms with Gasteiger partial charge in [0.1, 0.15) is 5.41 Å². The zero-order valence-corrected chi connectivity index (χ0v) is 13.6. The average molecular weight is 329 g/mol. The van der Waals surface area contributed by atoms with E-state index in [1.54, 1.807) is 36.9 Å². The Morgan fingerprint density at radius 1 is 1.10 bits per heavy atom. The number of carbonyl (C=O) groups is 2. The maximum Gasteiger partial charge on any atom is 0.239 e. The van der Waals surface area contributed by atoms with Crippen LogP contribution in [0.25, 0.3) is 0 Å². The van der Waals surface area contributed by atoms with Crippen molar-refractivity contribution in [3.05, 3.63) is 28.2 Å². The third-order valence-electron chi connectivity index (χ3n) is 3.62. The van der Waals surface area contributed by atoms with Crippen molar-refractivity contribution in [3.63, 3.8) is 0 Å². The van der Waals surface area contributed by atoms with Crippen molar-refractivity contribution in [2.45, 2.75) is 26.7 Å². The zero-order chi connectivity index (χ0) is 15.6. The quantitative estimate of drug-likeness (QED) is 0.862. The minimum Gasteiger partial charge on any atom is -0.342 e. The van der Waals surface area contributed by atoms with Crippen LogP contribution in [0.3, 0.4) is 0 Å². The number of nitrogens with one attached hydrogen (secondary N) is 1. The van der Waals surface area contributed by atoms with Gasteiger partial charge in [-0.15, -0.1) is 0 Å². The Morgan fingerprint density at radius 3 is 2.14 bits per heavy atom. The highest BCUT2D eigenvalue weighted by Gasteiger charge is 2.39. The van der Waals surface area contributed by atoms with Gasteiger partial charge in [-0.2, -0.15) is 0 Å². The first-order valence-corrected chi connectivity index (χ1v) is 7.63. The zero-order valence-electron chi connectivity index (χ0n) is 12.1. The molecule has 0 atom stereocenters. The summed E-state index contributed by atoms with van der Waals surface area (Å²) in [6, 6.07) is 4.78. The molecule has 1 aliphatic rings. The Hall–Kier alpha value is -1.26. The second kappa shape index (κ2) is 6.24. The first-order valence-electron chi connectivity index (χ1n) is 6.87. The maximum absolute atomic E-state index is 12.4. The molecule has 0 saturated carbocycles. The largest absolute Gasteiger partial charge is 0.342 e. The van der Waals surface area contributed by atoms with Gasteiger partial charge < -0.3 is 10.2 Å². The Bertz CT molecular complexity index is 547. The molecule has 1 saturated heterocycles. The van der Waals surface area contributed by atoms with Crippen molar-refractivity contribution in [2.24, 2.45) is 5.41 Å². The van der Waals surface area contributed by atoms with Crippen LogP contribution in [-0.2, 0) is 9.59 Å². The smallest absolute Gasteiger partial charge is 0.239 e. The van der Waals surface area contributed by atoms with Gasteiger partial charge in [-0.3, -0.25) is 9.59 Å². The van der Waals surface area contributed by atoms with Gasteiger partial charge in [0, 0.05) is 28.8 Å². The van der Waals surface area contributed by atoms with Crippen molar-refractivity contribution in [1.82, 2.24) is 4.90 Å². The normalized spacial score (nSPS) is 15.1. The van der Waals surface area contributed by atoms with Gasteiger partial charge >= 0.3 is 0 Å². The summed E-state index contributed by atoms with van der Waals surface area (Å²) in [5.41, 5.74) is -0.640. The van der Waals surface area contributed by atoms with Gasteiger partial charge in [-0.25, -0.2) is 0 Å². The summed E-state index contributed by atoms with van der Waals surface area (Å²) in [6.07, 6.45) is 1.99. The van der Waals surface area contributed by atoms with E-state index in [1.807, 2.05) is 0 Å². The molecule has 0 aromatic heterocycles. The number of anilines is 1. The number of rotatable bonds is 3. The van der Waals surface area contributed by atoms with Crippen LogP contribution in [0.2, 0.25) is 10.0 Å². The molecule has 1 fully saturated rings. The van der Waals surface area contributed by atoms with Crippen LogP contribution in [0.5, 0.6) is 0 Å². The maximum atomic E-state index is 12.4. The molecule has 2 rings (SSSR count). The summed E-state index contributed by atoms with van der Waals surface area (Å²) >= 11 is 11.8. The molecule has 4 nitrogen and oxygen atoms in total. The number of likely N-dealkylation sites (tertiary alicyclic amines) is 1. The lowest BCUT2D eigenvalue weighted by atomic mass is 9.90. The van der Waals surface area contributed by atoms with E-state index in [1.165, 1.54) is 0 Å². The van der Waals surface area contributed by atoms with Gasteiger partial charge in [0.15, 0.2) is 0 Å². The van der Waals surface area contributed by atoms with E-state index in [2.05, 4.69) is 5.32 Å².